The lowest BCUT2D eigenvalue weighted by atomic mass is 9.89. The van der Waals surface area contributed by atoms with Crippen LogP contribution in [0.15, 0.2) is 30.3 Å². The molecule has 0 saturated heterocycles. The van der Waals surface area contributed by atoms with Crippen LogP contribution in [0.2, 0.25) is 0 Å². The third-order valence-corrected chi connectivity index (χ3v) is 3.85. The maximum Gasteiger partial charge on any atom is 0.177 e. The van der Waals surface area contributed by atoms with Gasteiger partial charge in [0, 0.05) is 12.1 Å². The van der Waals surface area contributed by atoms with Crippen molar-refractivity contribution in [2.75, 3.05) is 13.7 Å². The highest BCUT2D eigenvalue weighted by molar-refractivity contribution is 6.04. The summed E-state index contributed by atoms with van der Waals surface area (Å²) in [5.41, 5.74) is 1.02. The van der Waals surface area contributed by atoms with Gasteiger partial charge in [-0.3, -0.25) is 4.79 Å². The smallest absolute Gasteiger partial charge is 0.177 e. The largest absolute Gasteiger partial charge is 0.508 e. The number of hydrogen-bond donors (Lipinski definition) is 3. The van der Waals surface area contributed by atoms with Crippen LogP contribution < -0.4 is 9.47 Å². The van der Waals surface area contributed by atoms with E-state index in [2.05, 4.69) is 0 Å². The van der Waals surface area contributed by atoms with Gasteiger partial charge >= 0.3 is 0 Å². The van der Waals surface area contributed by atoms with E-state index in [1.165, 1.54) is 31.4 Å². The monoisotopic (exact) mass is 316 g/mol. The van der Waals surface area contributed by atoms with E-state index < -0.39 is 5.92 Å². The highest BCUT2D eigenvalue weighted by Crippen LogP contribution is 2.39. The summed E-state index contributed by atoms with van der Waals surface area (Å²) in [6.07, 6.45) is 0.357. The molecule has 1 aliphatic heterocycles. The number of hydrogen-bond acceptors (Lipinski definition) is 6. The molecule has 2 aromatic rings. The molecule has 3 N–H and O–H groups in total. The van der Waals surface area contributed by atoms with Crippen LogP contribution in [0.5, 0.6) is 28.7 Å². The van der Waals surface area contributed by atoms with E-state index >= 15 is 0 Å². The predicted octanol–water partition coefficient (Wildman–Crippen LogP) is 2.25. The number of carbonyl (C=O) groups excluding carboxylic acids is 1. The first-order valence-corrected chi connectivity index (χ1v) is 7.08. The standard InChI is InChI=1S/C17H16O6/c1-22-14-6-11(18)7-15-16(14)17(21)10(8-23-15)4-9-2-3-12(19)13(20)5-9/h2-3,5-7,10,18-20H,4,8H2,1H3/t10-/m0/s1. The van der Waals surface area contributed by atoms with Crippen LogP contribution in [0.25, 0.3) is 0 Å². The third-order valence-electron chi connectivity index (χ3n) is 3.85. The normalized spacial score (nSPS) is 16.6. The van der Waals surface area contributed by atoms with E-state index in [0.717, 1.165) is 0 Å². The molecule has 1 atom stereocenters. The summed E-state index contributed by atoms with van der Waals surface area (Å²) in [6, 6.07) is 7.21. The predicted molar refractivity (Wildman–Crippen MR) is 81.4 cm³/mol. The Morgan fingerprint density at radius 2 is 1.96 bits per heavy atom. The molecule has 0 saturated carbocycles. The molecule has 6 nitrogen and oxygen atoms in total. The molecule has 6 heteroatoms. The molecule has 0 unspecified atom stereocenters. The van der Waals surface area contributed by atoms with Crippen molar-refractivity contribution in [3.05, 3.63) is 41.5 Å². The van der Waals surface area contributed by atoms with Crippen molar-refractivity contribution in [1.82, 2.24) is 0 Å². The zero-order chi connectivity index (χ0) is 16.6. The average Bonchev–Trinajstić information content (AvgIpc) is 2.52. The van der Waals surface area contributed by atoms with Crippen LogP contribution in [-0.2, 0) is 6.42 Å². The van der Waals surface area contributed by atoms with Crippen LogP contribution in [0.3, 0.4) is 0 Å². The maximum atomic E-state index is 12.7. The van der Waals surface area contributed by atoms with Crippen molar-refractivity contribution in [2.24, 2.45) is 5.92 Å². The van der Waals surface area contributed by atoms with Gasteiger partial charge in [0.05, 0.1) is 19.6 Å². The molecule has 0 aliphatic carbocycles. The first kappa shape index (κ1) is 15.0. The second kappa shape index (κ2) is 5.72. The van der Waals surface area contributed by atoms with Gasteiger partial charge in [-0.2, -0.15) is 0 Å². The van der Waals surface area contributed by atoms with E-state index in [9.17, 15) is 20.1 Å². The molecule has 120 valence electrons. The van der Waals surface area contributed by atoms with Crippen molar-refractivity contribution in [3.63, 3.8) is 0 Å². The zero-order valence-electron chi connectivity index (χ0n) is 12.4. The Bertz CT molecular complexity index is 751. The van der Waals surface area contributed by atoms with E-state index in [1.54, 1.807) is 6.07 Å². The minimum Gasteiger partial charge on any atom is -0.508 e. The molecule has 2 aromatic carbocycles. The molecule has 3 rings (SSSR count). The fraction of sp³-hybridized carbons (Fsp3) is 0.235. The molecular formula is C17H16O6. The number of aromatic hydroxyl groups is 3. The number of ketones is 1. The molecular weight excluding hydrogens is 300 g/mol. The SMILES string of the molecule is COc1cc(O)cc2c1C(=O)[C@@H](Cc1ccc(O)c(O)c1)CO2. The van der Waals surface area contributed by atoms with Gasteiger partial charge in [0.15, 0.2) is 17.3 Å². The Morgan fingerprint density at radius 3 is 2.65 bits per heavy atom. The van der Waals surface area contributed by atoms with Gasteiger partial charge in [0.25, 0.3) is 0 Å². The van der Waals surface area contributed by atoms with Gasteiger partial charge in [-0.1, -0.05) is 6.07 Å². The number of benzene rings is 2. The van der Waals surface area contributed by atoms with Gasteiger partial charge in [-0.25, -0.2) is 0 Å². The van der Waals surface area contributed by atoms with Gasteiger partial charge in [0.1, 0.15) is 22.8 Å². The molecule has 0 radical (unpaired) electrons. The first-order chi connectivity index (χ1) is 11.0. The number of methoxy groups -OCH3 is 1. The molecule has 1 heterocycles. The van der Waals surface area contributed by atoms with Crippen LogP contribution in [0.1, 0.15) is 15.9 Å². The van der Waals surface area contributed by atoms with Crippen molar-refractivity contribution < 1.29 is 29.6 Å². The second-order valence-corrected chi connectivity index (χ2v) is 5.42. The Morgan fingerprint density at radius 1 is 1.17 bits per heavy atom. The van der Waals surface area contributed by atoms with Crippen LogP contribution in [0.4, 0.5) is 0 Å². The lowest BCUT2D eigenvalue weighted by Crippen LogP contribution is -2.30. The van der Waals surface area contributed by atoms with Gasteiger partial charge in [-0.15, -0.1) is 0 Å². The minimum absolute atomic E-state index is 0.0321. The van der Waals surface area contributed by atoms with E-state index in [4.69, 9.17) is 9.47 Å². The Labute approximate surface area is 132 Å². The van der Waals surface area contributed by atoms with E-state index in [-0.39, 0.29) is 35.4 Å². The van der Waals surface area contributed by atoms with Crippen molar-refractivity contribution in [3.8, 4) is 28.7 Å². The van der Waals surface area contributed by atoms with Crippen molar-refractivity contribution >= 4 is 5.78 Å². The van der Waals surface area contributed by atoms with E-state index in [1.807, 2.05) is 0 Å². The molecule has 0 aromatic heterocycles. The molecule has 0 amide bonds. The molecule has 0 spiro atoms. The van der Waals surface area contributed by atoms with Crippen LogP contribution in [-0.4, -0.2) is 34.8 Å². The number of phenolic OH excluding ortho intramolecular Hbond substituents is 3. The van der Waals surface area contributed by atoms with E-state index in [0.29, 0.717) is 23.3 Å². The van der Waals surface area contributed by atoms with Crippen molar-refractivity contribution in [1.29, 1.82) is 0 Å². The number of ether oxygens (including phenoxy) is 2. The summed E-state index contributed by atoms with van der Waals surface area (Å²) in [7, 11) is 1.42. The summed E-state index contributed by atoms with van der Waals surface area (Å²) >= 11 is 0. The van der Waals surface area contributed by atoms with Gasteiger partial charge in [-0.05, 0) is 24.1 Å². The van der Waals surface area contributed by atoms with Gasteiger partial charge < -0.3 is 24.8 Å². The summed E-state index contributed by atoms with van der Waals surface area (Å²) in [4.78, 5) is 12.7. The number of Topliss-reactive ketones (excluding diaryl/α,β-unsaturated/α-hetero) is 1. The minimum atomic E-state index is -0.440. The topological polar surface area (TPSA) is 96.2 Å². The maximum absolute atomic E-state index is 12.7. The summed E-state index contributed by atoms with van der Waals surface area (Å²) < 4.78 is 10.7. The van der Waals surface area contributed by atoms with Crippen molar-refractivity contribution in [2.45, 2.75) is 6.42 Å². The lowest BCUT2D eigenvalue weighted by molar-refractivity contribution is 0.0825. The fourth-order valence-electron chi connectivity index (χ4n) is 2.70. The number of phenols is 3. The van der Waals surface area contributed by atoms with Gasteiger partial charge in [0.2, 0.25) is 0 Å². The molecule has 0 fully saturated rings. The highest BCUT2D eigenvalue weighted by atomic mass is 16.5. The fourth-order valence-corrected chi connectivity index (χ4v) is 2.70. The lowest BCUT2D eigenvalue weighted by Gasteiger charge is -2.25. The molecule has 23 heavy (non-hydrogen) atoms. The Hall–Kier alpha value is -2.89. The Balaban J connectivity index is 1.90. The number of carbonyl (C=O) groups is 1. The van der Waals surface area contributed by atoms with Crippen LogP contribution >= 0.6 is 0 Å². The summed E-state index contributed by atoms with van der Waals surface area (Å²) in [5.74, 6) is -0.479. The number of rotatable bonds is 3. The summed E-state index contributed by atoms with van der Waals surface area (Å²) in [5, 5.41) is 28.5. The second-order valence-electron chi connectivity index (χ2n) is 5.42. The Kier molecular flexibility index (Phi) is 3.73. The summed E-state index contributed by atoms with van der Waals surface area (Å²) in [6.45, 7) is 0.167. The zero-order valence-corrected chi connectivity index (χ0v) is 12.4. The van der Waals surface area contributed by atoms with Crippen LogP contribution in [0, 0.1) is 5.92 Å². The average molecular weight is 316 g/mol. The third kappa shape index (κ3) is 2.75. The highest BCUT2D eigenvalue weighted by Gasteiger charge is 2.32. The quantitative estimate of drug-likeness (QED) is 0.752. The molecule has 0 bridgehead atoms. The first-order valence-electron chi connectivity index (χ1n) is 7.08. The molecule has 1 aliphatic rings. The number of fused-ring (bicyclic) bond motifs is 1.